The lowest BCUT2D eigenvalue weighted by Gasteiger charge is -2.07. The van der Waals surface area contributed by atoms with E-state index in [1.807, 2.05) is 54.6 Å². The van der Waals surface area contributed by atoms with E-state index in [9.17, 15) is 4.79 Å². The summed E-state index contributed by atoms with van der Waals surface area (Å²) in [5.74, 6) is -0.414. The lowest BCUT2D eigenvalue weighted by Crippen LogP contribution is -2.08. The highest BCUT2D eigenvalue weighted by Gasteiger charge is 2.04. The summed E-state index contributed by atoms with van der Waals surface area (Å²) in [5, 5.41) is 8.67. The summed E-state index contributed by atoms with van der Waals surface area (Å²) in [6.45, 7) is 3.40. The molecule has 2 rings (SSSR count). The number of ether oxygens (including phenoxy) is 1. The summed E-state index contributed by atoms with van der Waals surface area (Å²) >= 11 is 0. The first-order valence-corrected chi connectivity index (χ1v) is 5.86. The van der Waals surface area contributed by atoms with Gasteiger partial charge in [-0.15, -0.1) is 0 Å². The maximum Gasteiger partial charge on any atom is 0.334 e. The third-order valence-electron chi connectivity index (χ3n) is 2.68. The number of benzene rings is 2. The predicted molar refractivity (Wildman–Crippen MR) is 74.1 cm³/mol. The maximum absolute atomic E-state index is 10.6. The van der Waals surface area contributed by atoms with Gasteiger partial charge in [0, 0.05) is 0 Å². The zero-order chi connectivity index (χ0) is 13.7. The first-order chi connectivity index (χ1) is 9.16. The van der Waals surface area contributed by atoms with Crippen LogP contribution in [-0.2, 0) is 4.79 Å². The summed E-state index contributed by atoms with van der Waals surface area (Å²) < 4.78 is 5.34. The molecule has 19 heavy (non-hydrogen) atoms. The van der Waals surface area contributed by atoms with Gasteiger partial charge in [0.05, 0.1) is 5.57 Å². The number of carbonyl (C=O) groups is 1. The maximum atomic E-state index is 10.6. The van der Waals surface area contributed by atoms with Crippen LogP contribution in [0.15, 0.2) is 66.7 Å². The fourth-order valence-corrected chi connectivity index (χ4v) is 1.61. The summed E-state index contributed by atoms with van der Waals surface area (Å²) in [5.41, 5.74) is 2.25. The van der Waals surface area contributed by atoms with E-state index in [1.165, 1.54) is 0 Å². The molecular formula is C16H14O3. The number of carboxylic acids is 1. The van der Waals surface area contributed by atoms with Crippen molar-refractivity contribution in [1.82, 2.24) is 0 Å². The van der Waals surface area contributed by atoms with Crippen LogP contribution in [0.4, 0.5) is 0 Å². The number of rotatable bonds is 5. The summed E-state index contributed by atoms with van der Waals surface area (Å²) in [6.07, 6.45) is 0. The van der Waals surface area contributed by atoms with Crippen LogP contribution in [-0.4, -0.2) is 17.7 Å². The van der Waals surface area contributed by atoms with Crippen molar-refractivity contribution in [2.24, 2.45) is 0 Å². The van der Waals surface area contributed by atoms with Crippen molar-refractivity contribution in [2.75, 3.05) is 6.61 Å². The highest BCUT2D eigenvalue weighted by Crippen LogP contribution is 2.22. The molecule has 0 saturated heterocycles. The second-order valence-electron chi connectivity index (χ2n) is 4.09. The number of aliphatic carboxylic acids is 1. The zero-order valence-electron chi connectivity index (χ0n) is 10.4. The Morgan fingerprint density at radius 1 is 1.00 bits per heavy atom. The van der Waals surface area contributed by atoms with Crippen molar-refractivity contribution >= 4 is 5.97 Å². The van der Waals surface area contributed by atoms with Gasteiger partial charge in [0.25, 0.3) is 0 Å². The molecule has 2 aromatic carbocycles. The van der Waals surface area contributed by atoms with Gasteiger partial charge in [0.2, 0.25) is 0 Å². The largest absolute Gasteiger partial charge is 0.489 e. The molecule has 0 aliphatic rings. The van der Waals surface area contributed by atoms with Crippen LogP contribution in [0.1, 0.15) is 0 Å². The van der Waals surface area contributed by atoms with E-state index < -0.39 is 5.97 Å². The average Bonchev–Trinajstić information content (AvgIpc) is 2.46. The van der Waals surface area contributed by atoms with Crippen molar-refractivity contribution in [1.29, 1.82) is 0 Å². The van der Waals surface area contributed by atoms with Crippen LogP contribution in [0, 0.1) is 0 Å². The quantitative estimate of drug-likeness (QED) is 0.832. The number of carboxylic acid groups (broad SMARTS) is 1. The van der Waals surface area contributed by atoms with E-state index in [0.717, 1.165) is 11.1 Å². The van der Waals surface area contributed by atoms with Crippen molar-refractivity contribution < 1.29 is 14.6 Å². The standard InChI is InChI=1S/C16H14O3/c1-12(16(17)18)11-19-15-9-7-14(8-10-15)13-5-3-2-4-6-13/h2-10H,1,11H2,(H,17,18). The van der Waals surface area contributed by atoms with Gasteiger partial charge in [0.1, 0.15) is 12.4 Å². The third kappa shape index (κ3) is 3.45. The van der Waals surface area contributed by atoms with Crippen LogP contribution in [0.5, 0.6) is 5.75 Å². The molecule has 0 heterocycles. The smallest absolute Gasteiger partial charge is 0.334 e. The molecule has 96 valence electrons. The average molecular weight is 254 g/mol. The molecular weight excluding hydrogens is 240 g/mol. The van der Waals surface area contributed by atoms with Crippen LogP contribution >= 0.6 is 0 Å². The SMILES string of the molecule is C=C(COc1ccc(-c2ccccc2)cc1)C(=O)O. The van der Waals surface area contributed by atoms with Crippen molar-refractivity contribution in [3.8, 4) is 16.9 Å². The van der Waals surface area contributed by atoms with E-state index in [2.05, 4.69) is 6.58 Å². The Hall–Kier alpha value is -2.55. The minimum atomic E-state index is -1.04. The first-order valence-electron chi connectivity index (χ1n) is 5.86. The zero-order valence-corrected chi connectivity index (χ0v) is 10.4. The van der Waals surface area contributed by atoms with Gasteiger partial charge in [-0.25, -0.2) is 4.79 Å². The monoisotopic (exact) mass is 254 g/mol. The van der Waals surface area contributed by atoms with E-state index >= 15 is 0 Å². The Morgan fingerprint density at radius 3 is 2.16 bits per heavy atom. The minimum Gasteiger partial charge on any atom is -0.489 e. The predicted octanol–water partition coefficient (Wildman–Crippen LogP) is 3.37. The van der Waals surface area contributed by atoms with Gasteiger partial charge in [-0.2, -0.15) is 0 Å². The molecule has 0 amide bonds. The molecule has 0 atom stereocenters. The molecule has 2 aromatic rings. The number of hydrogen-bond acceptors (Lipinski definition) is 2. The molecule has 0 bridgehead atoms. The van der Waals surface area contributed by atoms with Crippen molar-refractivity contribution in [2.45, 2.75) is 0 Å². The molecule has 3 heteroatoms. The van der Waals surface area contributed by atoms with Crippen molar-refractivity contribution in [3.63, 3.8) is 0 Å². The van der Waals surface area contributed by atoms with E-state index in [4.69, 9.17) is 9.84 Å². The van der Waals surface area contributed by atoms with Gasteiger partial charge in [0.15, 0.2) is 0 Å². The van der Waals surface area contributed by atoms with Gasteiger partial charge in [-0.05, 0) is 23.3 Å². The molecule has 0 fully saturated rings. The van der Waals surface area contributed by atoms with Gasteiger partial charge < -0.3 is 9.84 Å². The molecule has 0 radical (unpaired) electrons. The molecule has 1 N–H and O–H groups in total. The Bertz CT molecular complexity index is 571. The van der Waals surface area contributed by atoms with E-state index in [0.29, 0.717) is 5.75 Å². The first kappa shape index (κ1) is 12.9. The fourth-order valence-electron chi connectivity index (χ4n) is 1.61. The van der Waals surface area contributed by atoms with Crippen LogP contribution < -0.4 is 4.74 Å². The highest BCUT2D eigenvalue weighted by molar-refractivity contribution is 5.86. The molecule has 0 aromatic heterocycles. The van der Waals surface area contributed by atoms with Crippen LogP contribution in [0.2, 0.25) is 0 Å². The molecule has 0 aliphatic carbocycles. The van der Waals surface area contributed by atoms with Crippen LogP contribution in [0.3, 0.4) is 0 Å². The van der Waals surface area contributed by atoms with Crippen molar-refractivity contribution in [3.05, 3.63) is 66.7 Å². The Balaban J connectivity index is 2.03. The Kier molecular flexibility index (Phi) is 3.98. The topological polar surface area (TPSA) is 46.5 Å². The third-order valence-corrected chi connectivity index (χ3v) is 2.68. The molecule has 0 saturated carbocycles. The normalized spacial score (nSPS) is 9.89. The second-order valence-corrected chi connectivity index (χ2v) is 4.09. The molecule has 3 nitrogen and oxygen atoms in total. The fraction of sp³-hybridized carbons (Fsp3) is 0.0625. The van der Waals surface area contributed by atoms with Crippen LogP contribution in [0.25, 0.3) is 11.1 Å². The number of hydrogen-bond donors (Lipinski definition) is 1. The highest BCUT2D eigenvalue weighted by atomic mass is 16.5. The van der Waals surface area contributed by atoms with Gasteiger partial charge >= 0.3 is 5.97 Å². The van der Waals surface area contributed by atoms with Gasteiger partial charge in [-0.1, -0.05) is 49.0 Å². The molecule has 0 aliphatic heterocycles. The Morgan fingerprint density at radius 2 is 1.58 bits per heavy atom. The lowest BCUT2D eigenvalue weighted by molar-refractivity contribution is -0.133. The molecule has 0 unspecified atom stereocenters. The summed E-state index contributed by atoms with van der Waals surface area (Å²) in [7, 11) is 0. The van der Waals surface area contributed by atoms with E-state index in [1.54, 1.807) is 0 Å². The second kappa shape index (κ2) is 5.87. The van der Waals surface area contributed by atoms with Gasteiger partial charge in [-0.3, -0.25) is 0 Å². The van der Waals surface area contributed by atoms with E-state index in [-0.39, 0.29) is 12.2 Å². The Labute approximate surface area is 111 Å². The summed E-state index contributed by atoms with van der Waals surface area (Å²) in [6, 6.07) is 17.5. The summed E-state index contributed by atoms with van der Waals surface area (Å²) in [4.78, 5) is 10.6. The molecule has 0 spiro atoms. The lowest BCUT2D eigenvalue weighted by atomic mass is 10.1. The minimum absolute atomic E-state index is 0.0139.